The number of amides is 1. The molecule has 1 amide bonds. The first-order valence-electron chi connectivity index (χ1n) is 8.84. The van der Waals surface area contributed by atoms with Crippen molar-refractivity contribution in [2.45, 2.75) is 12.8 Å². The van der Waals surface area contributed by atoms with Gasteiger partial charge in [-0.15, -0.1) is 0 Å². The van der Waals surface area contributed by atoms with Crippen LogP contribution in [0.2, 0.25) is 0 Å². The molecule has 0 aromatic heterocycles. The van der Waals surface area contributed by atoms with Crippen LogP contribution in [-0.4, -0.2) is 44.9 Å². The van der Waals surface area contributed by atoms with Gasteiger partial charge in [0.1, 0.15) is 0 Å². The van der Waals surface area contributed by atoms with Crippen LogP contribution in [-0.2, 0) is 9.53 Å². The van der Waals surface area contributed by atoms with E-state index in [0.717, 1.165) is 17.8 Å². The average molecular weight is 366 g/mol. The van der Waals surface area contributed by atoms with Gasteiger partial charge in [-0.25, -0.2) is 4.79 Å². The SMILES string of the molecule is CN(C)c1cccc(C(=O)OCC(=O)c2ccc(N3CCCC3=O)cc2)c1. The van der Waals surface area contributed by atoms with Crippen LogP contribution in [0.1, 0.15) is 33.6 Å². The molecule has 1 aliphatic heterocycles. The number of ketones is 1. The fourth-order valence-electron chi connectivity index (χ4n) is 2.96. The maximum absolute atomic E-state index is 12.3. The van der Waals surface area contributed by atoms with Gasteiger partial charge in [-0.3, -0.25) is 9.59 Å². The fourth-order valence-corrected chi connectivity index (χ4v) is 2.96. The van der Waals surface area contributed by atoms with Gasteiger partial charge in [-0.05, 0) is 48.9 Å². The molecule has 0 aliphatic carbocycles. The van der Waals surface area contributed by atoms with Crippen molar-refractivity contribution in [2.24, 2.45) is 0 Å². The van der Waals surface area contributed by atoms with Crippen LogP contribution >= 0.6 is 0 Å². The van der Waals surface area contributed by atoms with E-state index < -0.39 is 5.97 Å². The smallest absolute Gasteiger partial charge is 0.338 e. The minimum atomic E-state index is -0.536. The van der Waals surface area contributed by atoms with Crippen LogP contribution < -0.4 is 9.80 Å². The van der Waals surface area contributed by atoms with E-state index in [1.165, 1.54) is 0 Å². The summed E-state index contributed by atoms with van der Waals surface area (Å²) in [6.45, 7) is 0.378. The van der Waals surface area contributed by atoms with Gasteiger partial charge in [0.05, 0.1) is 5.56 Å². The van der Waals surface area contributed by atoms with Crippen LogP contribution in [0.5, 0.6) is 0 Å². The Morgan fingerprint density at radius 1 is 1.07 bits per heavy atom. The second-order valence-corrected chi connectivity index (χ2v) is 6.64. The number of Topliss-reactive ketones (excluding diaryl/α,β-unsaturated/α-hetero) is 1. The molecule has 140 valence electrons. The molecule has 0 atom stereocenters. The number of rotatable bonds is 6. The topological polar surface area (TPSA) is 66.9 Å². The molecule has 0 bridgehead atoms. The Balaban J connectivity index is 1.59. The Kier molecular flexibility index (Phi) is 5.54. The van der Waals surface area contributed by atoms with Crippen molar-refractivity contribution < 1.29 is 19.1 Å². The predicted octanol–water partition coefficient (Wildman–Crippen LogP) is 2.92. The number of hydrogen-bond acceptors (Lipinski definition) is 5. The summed E-state index contributed by atoms with van der Waals surface area (Å²) >= 11 is 0. The molecule has 1 heterocycles. The molecule has 1 aliphatic rings. The minimum Gasteiger partial charge on any atom is -0.454 e. The highest BCUT2D eigenvalue weighted by Gasteiger charge is 2.21. The van der Waals surface area contributed by atoms with Gasteiger partial charge in [0.25, 0.3) is 0 Å². The lowest BCUT2D eigenvalue weighted by atomic mass is 10.1. The molecule has 1 fully saturated rings. The molecule has 0 unspecified atom stereocenters. The van der Waals surface area contributed by atoms with Gasteiger partial charge in [0.15, 0.2) is 12.4 Å². The van der Waals surface area contributed by atoms with E-state index in [1.54, 1.807) is 47.4 Å². The third kappa shape index (κ3) is 4.34. The van der Waals surface area contributed by atoms with Crippen molar-refractivity contribution in [3.63, 3.8) is 0 Å². The van der Waals surface area contributed by atoms with Crippen molar-refractivity contribution >= 4 is 29.0 Å². The van der Waals surface area contributed by atoms with Gasteiger partial charge < -0.3 is 14.5 Å². The van der Waals surface area contributed by atoms with Crippen molar-refractivity contribution in [1.82, 2.24) is 0 Å². The molecule has 2 aromatic carbocycles. The summed E-state index contributed by atoms with van der Waals surface area (Å²) in [6.07, 6.45) is 1.41. The number of benzene rings is 2. The number of hydrogen-bond donors (Lipinski definition) is 0. The van der Waals surface area contributed by atoms with E-state index in [2.05, 4.69) is 0 Å². The molecule has 0 saturated carbocycles. The standard InChI is InChI=1S/C21H22N2O4/c1-22(2)18-6-3-5-16(13-18)21(26)27-14-19(24)15-8-10-17(11-9-15)23-12-4-7-20(23)25/h3,5-6,8-11,13H,4,7,12,14H2,1-2H3. The highest BCUT2D eigenvalue weighted by Crippen LogP contribution is 2.22. The number of carbonyl (C=O) groups is 3. The Morgan fingerprint density at radius 3 is 2.44 bits per heavy atom. The lowest BCUT2D eigenvalue weighted by Crippen LogP contribution is -2.23. The average Bonchev–Trinajstić information content (AvgIpc) is 3.12. The molecule has 1 saturated heterocycles. The third-order valence-electron chi connectivity index (χ3n) is 4.51. The zero-order valence-corrected chi connectivity index (χ0v) is 15.5. The molecular formula is C21H22N2O4. The monoisotopic (exact) mass is 366 g/mol. The lowest BCUT2D eigenvalue weighted by molar-refractivity contribution is -0.117. The minimum absolute atomic E-state index is 0.1000. The lowest BCUT2D eigenvalue weighted by Gasteiger charge is -2.15. The number of nitrogens with zero attached hydrogens (tertiary/aromatic N) is 2. The van der Waals surface area contributed by atoms with Crippen LogP contribution in [0.15, 0.2) is 48.5 Å². The van der Waals surface area contributed by atoms with E-state index in [-0.39, 0.29) is 18.3 Å². The number of ether oxygens (including phenoxy) is 1. The van der Waals surface area contributed by atoms with Gasteiger partial charge in [0.2, 0.25) is 5.91 Å². The van der Waals surface area contributed by atoms with Crippen LogP contribution in [0, 0.1) is 0 Å². The summed E-state index contributed by atoms with van der Waals surface area (Å²) in [5, 5.41) is 0. The Hall–Kier alpha value is -3.15. The number of carbonyl (C=O) groups excluding carboxylic acids is 3. The van der Waals surface area contributed by atoms with Crippen molar-refractivity contribution in [2.75, 3.05) is 37.0 Å². The normalized spacial score (nSPS) is 13.6. The van der Waals surface area contributed by atoms with Gasteiger partial charge >= 0.3 is 5.97 Å². The van der Waals surface area contributed by atoms with E-state index >= 15 is 0 Å². The van der Waals surface area contributed by atoms with Crippen LogP contribution in [0.4, 0.5) is 11.4 Å². The Bertz CT molecular complexity index is 859. The molecule has 0 radical (unpaired) electrons. The summed E-state index contributed by atoms with van der Waals surface area (Å²) in [7, 11) is 3.76. The number of esters is 1. The largest absolute Gasteiger partial charge is 0.454 e. The van der Waals surface area contributed by atoms with Crippen LogP contribution in [0.3, 0.4) is 0 Å². The summed E-state index contributed by atoms with van der Waals surface area (Å²) in [5.41, 5.74) is 2.51. The maximum atomic E-state index is 12.3. The van der Waals surface area contributed by atoms with E-state index in [4.69, 9.17) is 4.74 Å². The quantitative estimate of drug-likeness (QED) is 0.581. The first kappa shape index (κ1) is 18.6. The Labute approximate surface area is 158 Å². The third-order valence-corrected chi connectivity index (χ3v) is 4.51. The maximum Gasteiger partial charge on any atom is 0.338 e. The molecule has 0 N–H and O–H groups in total. The summed E-state index contributed by atoms with van der Waals surface area (Å²) in [6, 6.07) is 13.8. The molecule has 2 aromatic rings. The van der Waals surface area contributed by atoms with E-state index in [0.29, 0.717) is 24.1 Å². The molecule has 6 nitrogen and oxygen atoms in total. The van der Waals surface area contributed by atoms with Crippen molar-refractivity contribution in [3.8, 4) is 0 Å². The second-order valence-electron chi connectivity index (χ2n) is 6.64. The molecule has 27 heavy (non-hydrogen) atoms. The Morgan fingerprint density at radius 2 is 1.81 bits per heavy atom. The highest BCUT2D eigenvalue weighted by molar-refractivity contribution is 6.00. The predicted molar refractivity (Wildman–Crippen MR) is 103 cm³/mol. The summed E-state index contributed by atoms with van der Waals surface area (Å²) < 4.78 is 5.15. The van der Waals surface area contributed by atoms with Crippen molar-refractivity contribution in [1.29, 1.82) is 0 Å². The summed E-state index contributed by atoms with van der Waals surface area (Å²) in [5.74, 6) is -0.722. The second kappa shape index (κ2) is 8.03. The fraction of sp³-hybridized carbons (Fsp3) is 0.286. The highest BCUT2D eigenvalue weighted by atomic mass is 16.5. The molecular weight excluding hydrogens is 344 g/mol. The van der Waals surface area contributed by atoms with Crippen LogP contribution in [0.25, 0.3) is 0 Å². The van der Waals surface area contributed by atoms with E-state index in [9.17, 15) is 14.4 Å². The molecule has 6 heteroatoms. The van der Waals surface area contributed by atoms with Gasteiger partial charge in [-0.2, -0.15) is 0 Å². The zero-order chi connectivity index (χ0) is 19.4. The van der Waals surface area contributed by atoms with Crippen molar-refractivity contribution in [3.05, 3.63) is 59.7 Å². The number of anilines is 2. The first-order valence-corrected chi connectivity index (χ1v) is 8.84. The first-order chi connectivity index (χ1) is 13.0. The zero-order valence-electron chi connectivity index (χ0n) is 15.5. The van der Waals surface area contributed by atoms with E-state index in [1.807, 2.05) is 25.1 Å². The van der Waals surface area contributed by atoms with Gasteiger partial charge in [0, 0.05) is 44.0 Å². The molecule has 0 spiro atoms. The molecule has 3 rings (SSSR count). The summed E-state index contributed by atoms with van der Waals surface area (Å²) in [4.78, 5) is 39.8. The van der Waals surface area contributed by atoms with Gasteiger partial charge in [-0.1, -0.05) is 6.07 Å².